The summed E-state index contributed by atoms with van der Waals surface area (Å²) in [6.07, 6.45) is 6.02. The maximum absolute atomic E-state index is 11.8. The lowest BCUT2D eigenvalue weighted by atomic mass is 10.0. The lowest BCUT2D eigenvalue weighted by Crippen LogP contribution is -2.48. The van der Waals surface area contributed by atoms with Crippen molar-refractivity contribution in [1.29, 1.82) is 0 Å². The molecule has 0 aromatic rings. The predicted octanol–water partition coefficient (Wildman–Crippen LogP) is 0.339. The second kappa shape index (κ2) is 5.64. The van der Waals surface area contributed by atoms with Crippen LogP contribution in [0.4, 0.5) is 0 Å². The van der Waals surface area contributed by atoms with Crippen molar-refractivity contribution >= 4 is 5.91 Å². The van der Waals surface area contributed by atoms with E-state index in [0.717, 1.165) is 32.1 Å². The Morgan fingerprint density at radius 1 is 1.38 bits per heavy atom. The van der Waals surface area contributed by atoms with Gasteiger partial charge >= 0.3 is 0 Å². The molecule has 4 heteroatoms. The molecule has 1 saturated carbocycles. The first kappa shape index (κ1) is 11.9. The molecule has 0 radical (unpaired) electrons. The van der Waals surface area contributed by atoms with Gasteiger partial charge in [0.1, 0.15) is 0 Å². The van der Waals surface area contributed by atoms with Gasteiger partial charge in [-0.3, -0.25) is 4.79 Å². The van der Waals surface area contributed by atoms with Gasteiger partial charge in [0.25, 0.3) is 0 Å². The molecule has 4 nitrogen and oxygen atoms in total. The van der Waals surface area contributed by atoms with Gasteiger partial charge in [0.2, 0.25) is 5.91 Å². The third-order valence-electron chi connectivity index (χ3n) is 3.56. The molecule has 1 saturated heterocycles. The zero-order valence-electron chi connectivity index (χ0n) is 10.2. The summed E-state index contributed by atoms with van der Waals surface area (Å²) >= 11 is 0. The molecule has 1 amide bonds. The number of piperidine rings is 1. The Kier molecular flexibility index (Phi) is 4.18. The van der Waals surface area contributed by atoms with E-state index in [1.54, 1.807) is 0 Å². The van der Waals surface area contributed by atoms with Crippen LogP contribution in [0.25, 0.3) is 0 Å². The highest BCUT2D eigenvalue weighted by Crippen LogP contribution is 2.24. The Hall–Kier alpha value is -0.610. The smallest absolute Gasteiger partial charge is 0.237 e. The molecule has 0 bridgehead atoms. The summed E-state index contributed by atoms with van der Waals surface area (Å²) in [4.78, 5) is 14.1. The van der Waals surface area contributed by atoms with Crippen LogP contribution in [0.15, 0.2) is 0 Å². The number of hydrogen-bond acceptors (Lipinski definition) is 3. The van der Waals surface area contributed by atoms with Gasteiger partial charge in [0.15, 0.2) is 0 Å². The molecule has 1 aliphatic carbocycles. The Morgan fingerprint density at radius 3 is 2.81 bits per heavy atom. The SMILES string of the molecule is CN(CCNC(=O)C1CCCCN1)C1CC1. The van der Waals surface area contributed by atoms with E-state index in [4.69, 9.17) is 0 Å². The van der Waals surface area contributed by atoms with Crippen LogP contribution in [0.3, 0.4) is 0 Å². The molecule has 0 aromatic carbocycles. The molecule has 0 aromatic heterocycles. The minimum absolute atomic E-state index is 0.0555. The lowest BCUT2D eigenvalue weighted by molar-refractivity contribution is -0.123. The van der Waals surface area contributed by atoms with Crippen molar-refractivity contribution < 1.29 is 4.79 Å². The molecule has 2 aliphatic rings. The molecular formula is C12H23N3O. The van der Waals surface area contributed by atoms with Crippen LogP contribution in [0.1, 0.15) is 32.1 Å². The van der Waals surface area contributed by atoms with E-state index in [2.05, 4.69) is 22.6 Å². The topological polar surface area (TPSA) is 44.4 Å². The van der Waals surface area contributed by atoms with Gasteiger partial charge in [0.05, 0.1) is 6.04 Å². The molecule has 1 atom stereocenters. The van der Waals surface area contributed by atoms with E-state index in [9.17, 15) is 4.79 Å². The summed E-state index contributed by atoms with van der Waals surface area (Å²) < 4.78 is 0. The summed E-state index contributed by atoms with van der Waals surface area (Å²) in [6, 6.07) is 0.838. The van der Waals surface area contributed by atoms with Crippen LogP contribution in [0.2, 0.25) is 0 Å². The Balaban J connectivity index is 1.59. The van der Waals surface area contributed by atoms with Crippen molar-refractivity contribution in [2.24, 2.45) is 0 Å². The summed E-state index contributed by atoms with van der Waals surface area (Å²) in [6.45, 7) is 2.74. The Labute approximate surface area is 97.8 Å². The highest BCUT2D eigenvalue weighted by atomic mass is 16.2. The average molecular weight is 225 g/mol. The molecule has 92 valence electrons. The standard InChI is InChI=1S/C12H23N3O/c1-15(10-5-6-10)9-8-14-12(16)11-4-2-3-7-13-11/h10-11,13H,2-9H2,1H3,(H,14,16). The molecule has 1 heterocycles. The summed E-state index contributed by atoms with van der Waals surface area (Å²) in [5, 5.41) is 6.29. The van der Waals surface area contributed by atoms with Crippen LogP contribution in [-0.4, -0.2) is 49.6 Å². The van der Waals surface area contributed by atoms with Crippen molar-refractivity contribution in [2.45, 2.75) is 44.2 Å². The summed E-state index contributed by atoms with van der Waals surface area (Å²) in [7, 11) is 2.14. The Bertz CT molecular complexity index is 234. The van der Waals surface area contributed by atoms with E-state index in [0.29, 0.717) is 0 Å². The van der Waals surface area contributed by atoms with Crippen LogP contribution in [-0.2, 0) is 4.79 Å². The number of likely N-dealkylation sites (N-methyl/N-ethyl adjacent to an activating group) is 1. The van der Waals surface area contributed by atoms with Crippen molar-refractivity contribution in [1.82, 2.24) is 15.5 Å². The van der Waals surface area contributed by atoms with Crippen molar-refractivity contribution in [3.05, 3.63) is 0 Å². The van der Waals surface area contributed by atoms with Crippen LogP contribution in [0, 0.1) is 0 Å². The molecule has 2 N–H and O–H groups in total. The van der Waals surface area contributed by atoms with Gasteiger partial charge in [0, 0.05) is 19.1 Å². The first-order valence-corrected chi connectivity index (χ1v) is 6.48. The first-order valence-electron chi connectivity index (χ1n) is 6.48. The minimum Gasteiger partial charge on any atom is -0.353 e. The van der Waals surface area contributed by atoms with Crippen molar-refractivity contribution in [3.63, 3.8) is 0 Å². The zero-order valence-corrected chi connectivity index (χ0v) is 10.2. The maximum Gasteiger partial charge on any atom is 0.237 e. The van der Waals surface area contributed by atoms with E-state index < -0.39 is 0 Å². The number of hydrogen-bond donors (Lipinski definition) is 2. The third-order valence-corrected chi connectivity index (χ3v) is 3.56. The second-order valence-corrected chi connectivity index (χ2v) is 5.01. The fourth-order valence-corrected chi connectivity index (χ4v) is 2.25. The summed E-state index contributed by atoms with van der Waals surface area (Å²) in [5.41, 5.74) is 0. The third kappa shape index (κ3) is 3.46. The largest absolute Gasteiger partial charge is 0.353 e. The lowest BCUT2D eigenvalue weighted by Gasteiger charge is -2.23. The van der Waals surface area contributed by atoms with Crippen LogP contribution >= 0.6 is 0 Å². The normalized spacial score (nSPS) is 25.8. The highest BCUT2D eigenvalue weighted by Gasteiger charge is 2.26. The van der Waals surface area contributed by atoms with E-state index in [1.165, 1.54) is 25.7 Å². The number of amides is 1. The van der Waals surface area contributed by atoms with Crippen LogP contribution < -0.4 is 10.6 Å². The monoisotopic (exact) mass is 225 g/mol. The maximum atomic E-state index is 11.8. The van der Waals surface area contributed by atoms with Gasteiger partial charge < -0.3 is 15.5 Å². The Morgan fingerprint density at radius 2 is 2.19 bits per heavy atom. The van der Waals surface area contributed by atoms with Gasteiger partial charge in [-0.05, 0) is 39.3 Å². The quantitative estimate of drug-likeness (QED) is 0.709. The van der Waals surface area contributed by atoms with Gasteiger partial charge in [-0.15, -0.1) is 0 Å². The zero-order chi connectivity index (χ0) is 11.4. The fourth-order valence-electron chi connectivity index (χ4n) is 2.25. The fraction of sp³-hybridized carbons (Fsp3) is 0.917. The van der Waals surface area contributed by atoms with E-state index in [1.807, 2.05) is 0 Å². The van der Waals surface area contributed by atoms with Gasteiger partial charge in [-0.2, -0.15) is 0 Å². The summed E-state index contributed by atoms with van der Waals surface area (Å²) in [5.74, 6) is 0.184. The molecule has 1 unspecified atom stereocenters. The van der Waals surface area contributed by atoms with Crippen LogP contribution in [0.5, 0.6) is 0 Å². The number of nitrogens with one attached hydrogen (secondary N) is 2. The minimum atomic E-state index is 0.0555. The molecule has 0 spiro atoms. The second-order valence-electron chi connectivity index (χ2n) is 5.01. The predicted molar refractivity (Wildman–Crippen MR) is 64.3 cm³/mol. The van der Waals surface area contributed by atoms with E-state index >= 15 is 0 Å². The molecule has 2 fully saturated rings. The average Bonchev–Trinajstić information content (AvgIpc) is 3.14. The molecular weight excluding hydrogens is 202 g/mol. The van der Waals surface area contributed by atoms with Gasteiger partial charge in [-0.25, -0.2) is 0 Å². The number of carbonyl (C=O) groups excluding carboxylic acids is 1. The van der Waals surface area contributed by atoms with E-state index in [-0.39, 0.29) is 11.9 Å². The first-order chi connectivity index (χ1) is 7.77. The molecule has 16 heavy (non-hydrogen) atoms. The van der Waals surface area contributed by atoms with Gasteiger partial charge in [-0.1, -0.05) is 6.42 Å². The number of nitrogens with zero attached hydrogens (tertiary/aromatic N) is 1. The highest BCUT2D eigenvalue weighted by molar-refractivity contribution is 5.81. The number of carbonyl (C=O) groups is 1. The molecule has 2 rings (SSSR count). The van der Waals surface area contributed by atoms with Crippen molar-refractivity contribution in [3.8, 4) is 0 Å². The van der Waals surface area contributed by atoms with Crippen molar-refractivity contribution in [2.75, 3.05) is 26.7 Å². The molecule has 1 aliphatic heterocycles. The number of rotatable bonds is 5.